The van der Waals surface area contributed by atoms with Gasteiger partial charge in [-0.15, -0.1) is 0 Å². The molecule has 1 saturated carbocycles. The van der Waals surface area contributed by atoms with Crippen LogP contribution in [0.25, 0.3) is 0 Å². The van der Waals surface area contributed by atoms with Crippen LogP contribution in [0.2, 0.25) is 0 Å². The molecule has 1 amide bonds. The van der Waals surface area contributed by atoms with E-state index in [2.05, 4.69) is 18.7 Å². The maximum atomic E-state index is 13.2. The van der Waals surface area contributed by atoms with Crippen molar-refractivity contribution in [1.29, 1.82) is 0 Å². The Balaban J connectivity index is 1.63. The second-order valence-corrected chi connectivity index (χ2v) is 7.84. The molecule has 2 fully saturated rings. The predicted octanol–water partition coefficient (Wildman–Crippen LogP) is 4.14. The summed E-state index contributed by atoms with van der Waals surface area (Å²) in [7, 11) is 1.81. The quantitative estimate of drug-likeness (QED) is 0.797. The zero-order chi connectivity index (χ0) is 19.1. The number of carbonyl (C=O) groups excluding carboxylic acids is 1. The molecule has 3 nitrogen and oxygen atoms in total. The molecule has 1 heterocycles. The van der Waals surface area contributed by atoms with E-state index in [0.717, 1.165) is 32.0 Å². The second kappa shape index (κ2) is 7.22. The molecule has 2 aliphatic rings. The van der Waals surface area contributed by atoms with Crippen molar-refractivity contribution in [2.75, 3.05) is 20.1 Å². The van der Waals surface area contributed by atoms with E-state index >= 15 is 0 Å². The molecule has 144 valence electrons. The zero-order valence-electron chi connectivity index (χ0n) is 15.6. The van der Waals surface area contributed by atoms with Crippen LogP contribution in [0.15, 0.2) is 24.3 Å². The van der Waals surface area contributed by atoms with E-state index in [1.165, 1.54) is 12.1 Å². The molecule has 0 bridgehead atoms. The number of likely N-dealkylation sites (tertiary alicyclic amines) is 1. The Bertz CT molecular complexity index is 651. The number of rotatable bonds is 4. The first-order valence-electron chi connectivity index (χ1n) is 9.37. The summed E-state index contributed by atoms with van der Waals surface area (Å²) in [5.41, 5.74) is -0.338. The molecule has 1 saturated heterocycles. The van der Waals surface area contributed by atoms with Crippen molar-refractivity contribution in [3.63, 3.8) is 0 Å². The van der Waals surface area contributed by atoms with Crippen molar-refractivity contribution < 1.29 is 18.0 Å². The van der Waals surface area contributed by atoms with E-state index in [1.54, 1.807) is 11.0 Å². The molecule has 1 aliphatic heterocycles. The Morgan fingerprint density at radius 1 is 1.19 bits per heavy atom. The summed E-state index contributed by atoms with van der Waals surface area (Å²) in [6.45, 7) is 6.26. The van der Waals surface area contributed by atoms with Gasteiger partial charge in [-0.2, -0.15) is 13.2 Å². The average Bonchev–Trinajstić information content (AvgIpc) is 3.40. The monoisotopic (exact) mass is 368 g/mol. The Kier molecular flexibility index (Phi) is 5.33. The lowest BCUT2D eigenvalue weighted by Gasteiger charge is -2.38. The van der Waals surface area contributed by atoms with Gasteiger partial charge in [0, 0.05) is 38.1 Å². The van der Waals surface area contributed by atoms with Gasteiger partial charge in [-0.1, -0.05) is 18.2 Å². The minimum Gasteiger partial charge on any atom is -0.342 e. The third-order valence-electron chi connectivity index (χ3n) is 5.90. The molecule has 0 N–H and O–H groups in total. The third kappa shape index (κ3) is 3.90. The van der Waals surface area contributed by atoms with E-state index in [0.29, 0.717) is 12.5 Å². The van der Waals surface area contributed by atoms with Gasteiger partial charge in [0.15, 0.2) is 0 Å². The summed E-state index contributed by atoms with van der Waals surface area (Å²) in [5.74, 6) is -0.625. The highest BCUT2D eigenvalue weighted by molar-refractivity contribution is 5.83. The first-order chi connectivity index (χ1) is 12.2. The number of nitrogens with zero attached hydrogens (tertiary/aromatic N) is 2. The molecule has 6 heteroatoms. The normalized spacial score (nSPS) is 24.7. The lowest BCUT2D eigenvalue weighted by molar-refractivity contribution is -0.139. The molecule has 0 aromatic heterocycles. The highest BCUT2D eigenvalue weighted by atomic mass is 19.4. The van der Waals surface area contributed by atoms with Crippen LogP contribution in [-0.4, -0.2) is 47.9 Å². The number of alkyl halides is 3. The first kappa shape index (κ1) is 19.2. The van der Waals surface area contributed by atoms with E-state index in [9.17, 15) is 18.0 Å². The fourth-order valence-electron chi connectivity index (χ4n) is 4.12. The van der Waals surface area contributed by atoms with Crippen LogP contribution in [-0.2, 0) is 11.0 Å². The molecular formula is C20H27F3N2O. The van der Waals surface area contributed by atoms with Crippen molar-refractivity contribution in [2.24, 2.45) is 5.92 Å². The predicted molar refractivity (Wildman–Crippen MR) is 94.8 cm³/mol. The second-order valence-electron chi connectivity index (χ2n) is 7.84. The van der Waals surface area contributed by atoms with Crippen LogP contribution in [0.3, 0.4) is 0 Å². The Labute approximate surface area is 153 Å². The van der Waals surface area contributed by atoms with Crippen LogP contribution in [0.4, 0.5) is 13.2 Å². The summed E-state index contributed by atoms with van der Waals surface area (Å²) >= 11 is 0. The number of halogens is 3. The van der Waals surface area contributed by atoms with Crippen molar-refractivity contribution in [3.05, 3.63) is 35.4 Å². The molecular weight excluding hydrogens is 341 g/mol. The topological polar surface area (TPSA) is 23.6 Å². The van der Waals surface area contributed by atoms with Crippen molar-refractivity contribution in [3.8, 4) is 0 Å². The largest absolute Gasteiger partial charge is 0.416 e. The van der Waals surface area contributed by atoms with Crippen molar-refractivity contribution in [1.82, 2.24) is 9.80 Å². The van der Waals surface area contributed by atoms with Gasteiger partial charge in [0.1, 0.15) is 0 Å². The van der Waals surface area contributed by atoms with Crippen molar-refractivity contribution >= 4 is 5.91 Å². The number of carbonyl (C=O) groups is 1. The number of hydrogen-bond acceptors (Lipinski definition) is 2. The molecule has 1 aromatic rings. The van der Waals surface area contributed by atoms with Gasteiger partial charge in [0.05, 0.1) is 5.56 Å². The van der Waals surface area contributed by atoms with Gasteiger partial charge >= 0.3 is 6.18 Å². The van der Waals surface area contributed by atoms with Crippen LogP contribution < -0.4 is 0 Å². The molecule has 1 aromatic carbocycles. The molecule has 0 spiro atoms. The average molecular weight is 368 g/mol. The zero-order valence-corrected chi connectivity index (χ0v) is 15.6. The van der Waals surface area contributed by atoms with Crippen LogP contribution in [0.1, 0.15) is 50.2 Å². The highest BCUT2D eigenvalue weighted by Gasteiger charge is 2.49. The fraction of sp³-hybridized carbons (Fsp3) is 0.650. The summed E-state index contributed by atoms with van der Waals surface area (Å²) < 4.78 is 39.6. The maximum Gasteiger partial charge on any atom is 0.416 e. The molecule has 3 rings (SSSR count). The minimum atomic E-state index is -4.37. The Morgan fingerprint density at radius 2 is 1.81 bits per heavy atom. The summed E-state index contributed by atoms with van der Waals surface area (Å²) in [6, 6.07) is 6.35. The van der Waals surface area contributed by atoms with E-state index < -0.39 is 11.7 Å². The van der Waals surface area contributed by atoms with Gasteiger partial charge in [-0.25, -0.2) is 0 Å². The van der Waals surface area contributed by atoms with E-state index in [4.69, 9.17) is 0 Å². The standard InChI is InChI=1S/C20H27F3N2O/c1-13(2)25-10-8-14(9-11-25)24(3)19(26)17-12-16(17)15-6-4-5-7-18(15)20(21,22)23/h4-7,13-14,16-17H,8-12H2,1-3H3. The van der Waals surface area contributed by atoms with Gasteiger partial charge in [-0.05, 0) is 50.7 Å². The lowest BCUT2D eigenvalue weighted by Crippen LogP contribution is -2.47. The number of benzene rings is 1. The third-order valence-corrected chi connectivity index (χ3v) is 5.90. The van der Waals surface area contributed by atoms with Crippen molar-refractivity contribution in [2.45, 2.75) is 57.3 Å². The van der Waals surface area contributed by atoms with Gasteiger partial charge < -0.3 is 9.80 Å². The number of amides is 1. The smallest absolute Gasteiger partial charge is 0.342 e. The lowest BCUT2D eigenvalue weighted by atomic mass is 9.99. The fourth-order valence-corrected chi connectivity index (χ4v) is 4.12. The van der Waals surface area contributed by atoms with E-state index in [1.807, 2.05) is 7.05 Å². The SMILES string of the molecule is CC(C)N1CCC(N(C)C(=O)C2CC2c2ccccc2C(F)(F)F)CC1. The molecule has 0 radical (unpaired) electrons. The molecule has 1 aliphatic carbocycles. The first-order valence-corrected chi connectivity index (χ1v) is 9.37. The van der Waals surface area contributed by atoms with Gasteiger partial charge in [0.2, 0.25) is 5.91 Å². The highest BCUT2D eigenvalue weighted by Crippen LogP contribution is 2.51. The molecule has 26 heavy (non-hydrogen) atoms. The van der Waals surface area contributed by atoms with Gasteiger partial charge in [-0.3, -0.25) is 4.79 Å². The molecule has 2 unspecified atom stereocenters. The van der Waals surface area contributed by atoms with Crippen LogP contribution in [0.5, 0.6) is 0 Å². The van der Waals surface area contributed by atoms with Gasteiger partial charge in [0.25, 0.3) is 0 Å². The maximum absolute atomic E-state index is 13.2. The number of hydrogen-bond donors (Lipinski definition) is 0. The Hall–Kier alpha value is -1.56. The summed E-state index contributed by atoms with van der Waals surface area (Å²) in [6.07, 6.45) is -2.00. The minimum absolute atomic E-state index is 0.00465. The Morgan fingerprint density at radius 3 is 2.38 bits per heavy atom. The number of piperidine rings is 1. The summed E-state index contributed by atoms with van der Waals surface area (Å²) in [5, 5.41) is 0. The van der Waals surface area contributed by atoms with Crippen LogP contribution in [0, 0.1) is 5.92 Å². The molecule has 2 atom stereocenters. The summed E-state index contributed by atoms with van der Waals surface area (Å²) in [4.78, 5) is 17.0. The van der Waals surface area contributed by atoms with E-state index in [-0.39, 0.29) is 29.3 Å². The van der Waals surface area contributed by atoms with Crippen LogP contribution >= 0.6 is 0 Å².